The van der Waals surface area contributed by atoms with E-state index >= 15 is 0 Å². The summed E-state index contributed by atoms with van der Waals surface area (Å²) in [4.78, 5) is 24.4. The molecule has 0 fully saturated rings. The Morgan fingerprint density at radius 2 is 2.07 bits per heavy atom. The van der Waals surface area contributed by atoms with Crippen molar-refractivity contribution in [3.05, 3.63) is 76.1 Å². The lowest BCUT2D eigenvalue weighted by Gasteiger charge is -2.08. The van der Waals surface area contributed by atoms with Crippen molar-refractivity contribution in [1.82, 2.24) is 19.7 Å². The summed E-state index contributed by atoms with van der Waals surface area (Å²) in [6.07, 6.45) is 5.65. The number of aliphatic hydroxyl groups excluding tert-OH is 1. The number of hydrogen-bond acceptors (Lipinski definition) is 7. The van der Waals surface area contributed by atoms with Crippen LogP contribution in [-0.4, -0.2) is 43.6 Å². The van der Waals surface area contributed by atoms with Gasteiger partial charge in [-0.15, -0.1) is 0 Å². The second kappa shape index (κ2) is 10.00. The maximum atomic E-state index is 12.4. The Hall–Kier alpha value is -3.23. The van der Waals surface area contributed by atoms with Crippen molar-refractivity contribution in [2.24, 2.45) is 4.99 Å². The summed E-state index contributed by atoms with van der Waals surface area (Å²) in [6, 6.07) is 8.70. The van der Waals surface area contributed by atoms with Crippen LogP contribution in [0.3, 0.4) is 0 Å². The van der Waals surface area contributed by atoms with Crippen molar-refractivity contribution in [1.29, 1.82) is 0 Å². The summed E-state index contributed by atoms with van der Waals surface area (Å²) in [5.74, 6) is -1.18. The molecule has 0 saturated heterocycles. The number of pyridine rings is 1. The lowest BCUT2D eigenvalue weighted by molar-refractivity contribution is -0.137. The smallest absolute Gasteiger partial charge is 0.343 e. The van der Waals surface area contributed by atoms with Crippen molar-refractivity contribution in [3.63, 3.8) is 0 Å². The molecule has 2 aromatic heterocycles. The van der Waals surface area contributed by atoms with Gasteiger partial charge in [-0.2, -0.15) is 5.10 Å². The zero-order valence-corrected chi connectivity index (χ0v) is 17.4. The SMILES string of the molecule is CCOC(=O)C(C=Nc1ccc(Cn2cncn2)cc1)=C(O)c1cc(Cl)cnc1Cl. The second-order valence-corrected chi connectivity index (χ2v) is 6.79. The molecule has 10 heteroatoms. The molecule has 3 rings (SSSR count). The van der Waals surface area contributed by atoms with E-state index in [1.165, 1.54) is 24.8 Å². The Morgan fingerprint density at radius 1 is 1.30 bits per heavy atom. The topological polar surface area (TPSA) is 102 Å². The fraction of sp³-hybridized carbons (Fsp3) is 0.150. The highest BCUT2D eigenvalue weighted by molar-refractivity contribution is 6.33. The number of esters is 1. The van der Waals surface area contributed by atoms with E-state index < -0.39 is 11.7 Å². The molecule has 1 N–H and O–H groups in total. The predicted molar refractivity (Wildman–Crippen MR) is 114 cm³/mol. The van der Waals surface area contributed by atoms with Gasteiger partial charge < -0.3 is 9.84 Å². The van der Waals surface area contributed by atoms with Crippen LogP contribution in [0.2, 0.25) is 10.2 Å². The molecule has 0 aliphatic rings. The molecule has 0 aliphatic carbocycles. The fourth-order valence-corrected chi connectivity index (χ4v) is 2.83. The maximum Gasteiger partial charge on any atom is 0.343 e. The highest BCUT2D eigenvalue weighted by Crippen LogP contribution is 2.26. The molecular formula is C20H17Cl2N5O3. The number of hydrogen-bond donors (Lipinski definition) is 1. The third-order valence-corrected chi connectivity index (χ3v) is 4.41. The van der Waals surface area contributed by atoms with Crippen LogP contribution < -0.4 is 0 Å². The molecule has 0 bridgehead atoms. The van der Waals surface area contributed by atoms with Gasteiger partial charge in [0.05, 0.1) is 29.4 Å². The van der Waals surface area contributed by atoms with Crippen LogP contribution in [0, 0.1) is 0 Å². The van der Waals surface area contributed by atoms with Gasteiger partial charge in [-0.25, -0.2) is 19.4 Å². The quantitative estimate of drug-likeness (QED) is 0.191. The average molecular weight is 446 g/mol. The fourth-order valence-electron chi connectivity index (χ4n) is 2.48. The molecule has 2 heterocycles. The number of aliphatic hydroxyl groups is 1. The summed E-state index contributed by atoms with van der Waals surface area (Å²) in [6.45, 7) is 2.35. The molecule has 30 heavy (non-hydrogen) atoms. The van der Waals surface area contributed by atoms with E-state index in [2.05, 4.69) is 20.1 Å². The molecule has 0 atom stereocenters. The van der Waals surface area contributed by atoms with Gasteiger partial charge in [-0.3, -0.25) is 4.99 Å². The highest BCUT2D eigenvalue weighted by Gasteiger charge is 2.19. The minimum absolute atomic E-state index is 0.00966. The number of rotatable bonds is 7. The Labute approximate surface area is 182 Å². The van der Waals surface area contributed by atoms with Crippen molar-refractivity contribution in [3.8, 4) is 0 Å². The van der Waals surface area contributed by atoms with Crippen LogP contribution >= 0.6 is 23.2 Å². The van der Waals surface area contributed by atoms with E-state index in [0.717, 1.165) is 5.56 Å². The molecule has 1 aromatic carbocycles. The normalized spacial score (nSPS) is 12.1. The van der Waals surface area contributed by atoms with Gasteiger partial charge in [0, 0.05) is 12.4 Å². The van der Waals surface area contributed by atoms with Crippen LogP contribution in [-0.2, 0) is 16.1 Å². The van der Waals surface area contributed by atoms with Crippen molar-refractivity contribution < 1.29 is 14.6 Å². The van der Waals surface area contributed by atoms with Crippen molar-refractivity contribution >= 4 is 46.8 Å². The molecule has 8 nitrogen and oxygen atoms in total. The average Bonchev–Trinajstić information content (AvgIpc) is 3.24. The molecule has 0 amide bonds. The summed E-state index contributed by atoms with van der Waals surface area (Å²) in [5.41, 5.74) is 1.50. The third kappa shape index (κ3) is 5.43. The maximum absolute atomic E-state index is 12.4. The van der Waals surface area contributed by atoms with Crippen LogP contribution in [0.4, 0.5) is 5.69 Å². The monoisotopic (exact) mass is 445 g/mol. The van der Waals surface area contributed by atoms with Gasteiger partial charge in [0.25, 0.3) is 0 Å². The first-order chi connectivity index (χ1) is 14.5. The van der Waals surface area contributed by atoms with E-state index in [4.69, 9.17) is 27.9 Å². The molecule has 0 radical (unpaired) electrons. The third-order valence-electron chi connectivity index (χ3n) is 3.90. The summed E-state index contributed by atoms with van der Waals surface area (Å²) < 4.78 is 6.72. The van der Waals surface area contributed by atoms with Crippen molar-refractivity contribution in [2.45, 2.75) is 13.5 Å². The number of benzene rings is 1. The zero-order chi connectivity index (χ0) is 21.5. The van der Waals surface area contributed by atoms with Gasteiger partial charge in [0.2, 0.25) is 0 Å². The van der Waals surface area contributed by atoms with E-state index in [1.54, 1.807) is 30.1 Å². The number of ether oxygens (including phenoxy) is 1. The summed E-state index contributed by atoms with van der Waals surface area (Å²) in [7, 11) is 0. The van der Waals surface area contributed by atoms with Gasteiger partial charge >= 0.3 is 5.97 Å². The largest absolute Gasteiger partial charge is 0.506 e. The molecule has 0 aliphatic heterocycles. The molecule has 0 saturated carbocycles. The number of aromatic nitrogens is 4. The lowest BCUT2D eigenvalue weighted by Crippen LogP contribution is -2.11. The van der Waals surface area contributed by atoms with Crippen LogP contribution in [0.25, 0.3) is 5.76 Å². The molecule has 154 valence electrons. The Kier molecular flexibility index (Phi) is 7.16. The minimum atomic E-state index is -0.752. The Morgan fingerprint density at radius 3 is 2.73 bits per heavy atom. The number of aliphatic imine (C=N–C) groups is 1. The number of carbonyl (C=O) groups excluding carboxylic acids is 1. The van der Waals surface area contributed by atoms with Gasteiger partial charge in [0.15, 0.2) is 0 Å². The van der Waals surface area contributed by atoms with Crippen LogP contribution in [0.5, 0.6) is 0 Å². The first-order valence-corrected chi connectivity index (χ1v) is 9.60. The van der Waals surface area contributed by atoms with E-state index in [9.17, 15) is 9.90 Å². The lowest BCUT2D eigenvalue weighted by atomic mass is 10.1. The molecule has 0 unspecified atom stereocenters. The van der Waals surface area contributed by atoms with E-state index in [-0.39, 0.29) is 27.9 Å². The van der Waals surface area contributed by atoms with Crippen LogP contribution in [0.1, 0.15) is 18.1 Å². The molecular weight excluding hydrogens is 429 g/mol. The van der Waals surface area contributed by atoms with Gasteiger partial charge in [-0.05, 0) is 30.7 Å². The zero-order valence-electron chi connectivity index (χ0n) is 15.9. The van der Waals surface area contributed by atoms with Crippen LogP contribution in [0.15, 0.2) is 59.7 Å². The first kappa shape index (κ1) is 21.5. The Balaban J connectivity index is 1.88. The standard InChI is InChI=1S/C20H17Cl2N5O3/c1-2-30-20(29)17(18(28)16-7-14(21)8-25-19(16)22)9-24-15-5-3-13(4-6-15)10-27-12-23-11-26-27/h3-9,11-12,28H,2,10H2,1H3. The predicted octanol–water partition coefficient (Wildman–Crippen LogP) is 4.26. The first-order valence-electron chi connectivity index (χ1n) is 8.85. The minimum Gasteiger partial charge on any atom is -0.506 e. The van der Waals surface area contributed by atoms with Gasteiger partial charge in [-0.1, -0.05) is 35.3 Å². The summed E-state index contributed by atoms with van der Waals surface area (Å²) >= 11 is 12.0. The van der Waals surface area contributed by atoms with Gasteiger partial charge in [0.1, 0.15) is 29.1 Å². The molecule has 0 spiro atoms. The van der Waals surface area contributed by atoms with Crippen molar-refractivity contribution in [2.75, 3.05) is 6.61 Å². The van der Waals surface area contributed by atoms with E-state index in [1.807, 2.05) is 12.1 Å². The summed E-state index contributed by atoms with van der Waals surface area (Å²) in [5, 5.41) is 14.9. The highest BCUT2D eigenvalue weighted by atomic mass is 35.5. The second-order valence-electron chi connectivity index (χ2n) is 5.99. The number of halogens is 2. The molecule has 3 aromatic rings. The Bertz CT molecular complexity index is 1080. The number of carbonyl (C=O) groups is 1. The van der Waals surface area contributed by atoms with E-state index in [0.29, 0.717) is 12.2 Å². The number of nitrogens with zero attached hydrogens (tertiary/aromatic N) is 5.